The number of benzene rings is 8. The minimum absolute atomic E-state index is 0.106. The van der Waals surface area contributed by atoms with Gasteiger partial charge < -0.3 is 18.9 Å². The van der Waals surface area contributed by atoms with E-state index in [-0.39, 0.29) is 25.4 Å². The molecule has 0 aliphatic heterocycles. The number of ketones is 1. The van der Waals surface area contributed by atoms with Crippen molar-refractivity contribution in [3.63, 3.8) is 0 Å². The average molecular weight is 859 g/mol. The number of carbonyl (C=O) groups excluding carboxylic acids is 1. The summed E-state index contributed by atoms with van der Waals surface area (Å²) in [5, 5.41) is 0. The van der Waals surface area contributed by atoms with Gasteiger partial charge >= 0.3 is 0 Å². The number of rotatable bonds is 14. The van der Waals surface area contributed by atoms with Gasteiger partial charge in [0, 0.05) is 11.1 Å². The van der Waals surface area contributed by atoms with Crippen molar-refractivity contribution < 1.29 is 40.6 Å². The molecule has 8 aromatic carbocycles. The molecule has 0 heterocycles. The van der Waals surface area contributed by atoms with E-state index in [0.29, 0.717) is 51.4 Å². The molecule has 8 aromatic rings. The maximum Gasteiger partial charge on any atom is 0.206 e. The molecule has 0 aromatic heterocycles. The van der Waals surface area contributed by atoms with E-state index >= 15 is 0 Å². The zero-order valence-corrected chi connectivity index (χ0v) is 35.1. The standard InChI is InChI=1S/C51H38O9S2/c1-35-3-27-47(28-4-35)61(53,54)48-29-21-44(22-30-48)58-41-15-5-36(6-16-41)37-7-17-42(18-8-37)59-45-23-31-49(32-24-45)62(55,56)50-33-25-46(26-34-50)60-43-19-11-39(12-20-43)51(52)38-9-13-40(57-2)14-10-38/h3-34H,1-2H3. The first-order valence-corrected chi connectivity index (χ1v) is 22.3. The van der Waals surface area contributed by atoms with Crippen LogP contribution in [-0.2, 0) is 19.7 Å². The molecule has 0 amide bonds. The van der Waals surface area contributed by atoms with Crippen molar-refractivity contribution >= 4 is 25.5 Å². The molecule has 0 saturated heterocycles. The van der Waals surface area contributed by atoms with Crippen LogP contribution < -0.4 is 18.9 Å². The van der Waals surface area contributed by atoms with E-state index in [0.717, 1.165) is 16.7 Å². The van der Waals surface area contributed by atoms with Crippen LogP contribution in [0, 0.1) is 6.92 Å². The number of ether oxygens (including phenoxy) is 4. The summed E-state index contributed by atoms with van der Waals surface area (Å²) in [6.45, 7) is 1.91. The Labute approximate surface area is 360 Å². The van der Waals surface area contributed by atoms with Crippen LogP contribution in [0.5, 0.6) is 40.2 Å². The Morgan fingerprint density at radius 2 is 0.581 bits per heavy atom. The Morgan fingerprint density at radius 1 is 0.339 bits per heavy atom. The van der Waals surface area contributed by atoms with E-state index in [1.54, 1.807) is 116 Å². The zero-order valence-electron chi connectivity index (χ0n) is 33.5. The molecule has 0 bridgehead atoms. The van der Waals surface area contributed by atoms with Crippen molar-refractivity contribution in [2.24, 2.45) is 0 Å². The summed E-state index contributed by atoms with van der Waals surface area (Å²) < 4.78 is 76.0. The minimum atomic E-state index is -3.83. The molecule has 0 radical (unpaired) electrons. The fourth-order valence-electron chi connectivity index (χ4n) is 6.47. The predicted octanol–water partition coefficient (Wildman–Crippen LogP) is 11.9. The summed E-state index contributed by atoms with van der Waals surface area (Å²) in [6.07, 6.45) is 0. The molecule has 0 aliphatic rings. The maximum atomic E-state index is 13.5. The van der Waals surface area contributed by atoms with Gasteiger partial charge in [0.25, 0.3) is 0 Å². The number of aryl methyl sites for hydroxylation is 1. The van der Waals surface area contributed by atoms with Crippen molar-refractivity contribution in [3.8, 4) is 51.4 Å². The van der Waals surface area contributed by atoms with Gasteiger partial charge in [-0.15, -0.1) is 0 Å². The molecule has 8 rings (SSSR count). The monoisotopic (exact) mass is 858 g/mol. The van der Waals surface area contributed by atoms with Gasteiger partial charge in [0.1, 0.15) is 40.2 Å². The smallest absolute Gasteiger partial charge is 0.206 e. The second kappa shape index (κ2) is 17.6. The Kier molecular flexibility index (Phi) is 11.7. The van der Waals surface area contributed by atoms with Crippen molar-refractivity contribution in [2.75, 3.05) is 7.11 Å². The topological polar surface area (TPSA) is 122 Å². The molecule has 9 nitrogen and oxygen atoms in total. The van der Waals surface area contributed by atoms with Gasteiger partial charge in [-0.05, 0) is 176 Å². The average Bonchev–Trinajstić information content (AvgIpc) is 3.30. The molecule has 0 fully saturated rings. The quantitative estimate of drug-likeness (QED) is 0.0983. The van der Waals surface area contributed by atoms with Crippen LogP contribution in [0.3, 0.4) is 0 Å². The maximum absolute atomic E-state index is 13.5. The van der Waals surface area contributed by atoms with Gasteiger partial charge in [0.15, 0.2) is 5.78 Å². The van der Waals surface area contributed by atoms with Gasteiger partial charge in [0.05, 0.1) is 26.7 Å². The van der Waals surface area contributed by atoms with Gasteiger partial charge in [-0.2, -0.15) is 0 Å². The first kappa shape index (κ1) is 41.3. The number of methoxy groups -OCH3 is 1. The highest BCUT2D eigenvalue weighted by Gasteiger charge is 2.19. The molecule has 0 spiro atoms. The lowest BCUT2D eigenvalue weighted by Gasteiger charge is -2.10. The SMILES string of the molecule is COc1ccc(C(=O)c2ccc(Oc3ccc(S(=O)(=O)c4ccc(Oc5ccc(-c6ccc(Oc7ccc(S(=O)(=O)c8ccc(C)cc8)cc7)cc6)cc5)cc4)cc3)cc2)cc1. The Hall–Kier alpha value is -7.47. The van der Waals surface area contributed by atoms with Crippen LogP contribution in [0.1, 0.15) is 21.5 Å². The van der Waals surface area contributed by atoms with Gasteiger partial charge in [0.2, 0.25) is 19.7 Å². The third-order valence-corrected chi connectivity index (χ3v) is 13.5. The summed E-state index contributed by atoms with van der Waals surface area (Å²) in [7, 11) is -5.89. The van der Waals surface area contributed by atoms with E-state index in [2.05, 4.69) is 0 Å². The van der Waals surface area contributed by atoms with Crippen molar-refractivity contribution in [1.29, 1.82) is 0 Å². The molecule has 62 heavy (non-hydrogen) atoms. The zero-order chi connectivity index (χ0) is 43.3. The lowest BCUT2D eigenvalue weighted by molar-refractivity contribution is 0.103. The van der Waals surface area contributed by atoms with Crippen LogP contribution in [0.25, 0.3) is 11.1 Å². The number of hydrogen-bond donors (Lipinski definition) is 0. The predicted molar refractivity (Wildman–Crippen MR) is 236 cm³/mol. The van der Waals surface area contributed by atoms with Crippen molar-refractivity contribution in [2.45, 2.75) is 26.5 Å². The van der Waals surface area contributed by atoms with Crippen LogP contribution in [0.15, 0.2) is 214 Å². The summed E-state index contributed by atoms with van der Waals surface area (Å²) >= 11 is 0. The summed E-state index contributed by atoms with van der Waals surface area (Å²) in [4.78, 5) is 13.5. The third kappa shape index (κ3) is 9.29. The number of sulfone groups is 2. The Balaban J connectivity index is 0.839. The molecule has 0 N–H and O–H groups in total. The van der Waals surface area contributed by atoms with Gasteiger partial charge in [-0.3, -0.25) is 4.79 Å². The molecule has 308 valence electrons. The molecule has 11 heteroatoms. The van der Waals surface area contributed by atoms with Crippen molar-refractivity contribution in [1.82, 2.24) is 0 Å². The van der Waals surface area contributed by atoms with E-state index in [1.165, 1.54) is 36.4 Å². The fraction of sp³-hybridized carbons (Fsp3) is 0.0392. The highest BCUT2D eigenvalue weighted by molar-refractivity contribution is 7.91. The van der Waals surface area contributed by atoms with Gasteiger partial charge in [-0.1, -0.05) is 42.0 Å². The van der Waals surface area contributed by atoms with Gasteiger partial charge in [-0.25, -0.2) is 16.8 Å². The highest BCUT2D eigenvalue weighted by atomic mass is 32.2. The van der Waals surface area contributed by atoms with Crippen LogP contribution in [-0.4, -0.2) is 29.7 Å². The summed E-state index contributed by atoms with van der Waals surface area (Å²) in [6, 6.07) is 54.1. The highest BCUT2D eigenvalue weighted by Crippen LogP contribution is 2.32. The normalized spacial score (nSPS) is 11.4. The molecule has 0 unspecified atom stereocenters. The minimum Gasteiger partial charge on any atom is -0.497 e. The Morgan fingerprint density at radius 3 is 0.871 bits per heavy atom. The van der Waals surface area contributed by atoms with E-state index in [1.807, 2.05) is 55.5 Å². The van der Waals surface area contributed by atoms with E-state index in [9.17, 15) is 21.6 Å². The van der Waals surface area contributed by atoms with Crippen LogP contribution in [0.2, 0.25) is 0 Å². The first-order valence-electron chi connectivity index (χ1n) is 19.3. The fourth-order valence-corrected chi connectivity index (χ4v) is 8.99. The molecule has 0 saturated carbocycles. The first-order chi connectivity index (χ1) is 29.9. The second-order valence-electron chi connectivity index (χ2n) is 14.2. The van der Waals surface area contributed by atoms with E-state index < -0.39 is 19.7 Å². The molecule has 0 atom stereocenters. The lowest BCUT2D eigenvalue weighted by Crippen LogP contribution is -2.02. The largest absolute Gasteiger partial charge is 0.497 e. The number of carbonyl (C=O) groups is 1. The summed E-state index contributed by atoms with van der Waals surface area (Å²) in [5.41, 5.74) is 3.92. The van der Waals surface area contributed by atoms with Crippen molar-refractivity contribution in [3.05, 3.63) is 211 Å². The Bertz CT molecular complexity index is 3040. The molecular formula is C51H38O9S2. The lowest BCUT2D eigenvalue weighted by atomic mass is 10.0. The number of hydrogen-bond acceptors (Lipinski definition) is 9. The van der Waals surface area contributed by atoms with E-state index in [4.69, 9.17) is 18.9 Å². The van der Waals surface area contributed by atoms with Crippen LogP contribution >= 0.6 is 0 Å². The molecular weight excluding hydrogens is 821 g/mol. The van der Waals surface area contributed by atoms with Crippen LogP contribution in [0.4, 0.5) is 0 Å². The molecule has 0 aliphatic carbocycles. The third-order valence-electron chi connectivity index (χ3n) is 9.95. The summed E-state index contributed by atoms with van der Waals surface area (Å²) in [5.74, 6) is 3.62. The second-order valence-corrected chi connectivity index (χ2v) is 18.1.